The molecule has 0 radical (unpaired) electrons. The van der Waals surface area contributed by atoms with Crippen molar-refractivity contribution >= 4 is 5.69 Å². The van der Waals surface area contributed by atoms with Crippen LogP contribution in [-0.4, -0.2) is 49.6 Å². The van der Waals surface area contributed by atoms with Gasteiger partial charge in [0.25, 0.3) is 0 Å². The number of morpholine rings is 1. The molecule has 2 heterocycles. The molecule has 2 aromatic rings. The molecule has 158 valence electrons. The number of hydrogen-bond acceptors (Lipinski definition) is 5. The van der Waals surface area contributed by atoms with E-state index >= 15 is 0 Å². The summed E-state index contributed by atoms with van der Waals surface area (Å²) in [5.74, 6) is -0.353. The Balaban J connectivity index is 1.67. The Kier molecular flexibility index (Phi) is 5.79. The molecule has 6 heteroatoms. The van der Waals surface area contributed by atoms with E-state index in [4.69, 9.17) is 10.00 Å². The minimum atomic E-state index is -0.701. The number of nitrogens with zero attached hydrogens (tertiary/aromatic N) is 2. The molecule has 4 rings (SSSR count). The fourth-order valence-corrected chi connectivity index (χ4v) is 4.15. The van der Waals surface area contributed by atoms with E-state index in [0.29, 0.717) is 19.7 Å². The van der Waals surface area contributed by atoms with Gasteiger partial charge in [0.2, 0.25) is 0 Å². The van der Waals surface area contributed by atoms with Gasteiger partial charge in [-0.05, 0) is 47.7 Å². The maximum absolute atomic E-state index is 14.4. The maximum atomic E-state index is 14.4. The van der Waals surface area contributed by atoms with Crippen molar-refractivity contribution in [2.45, 2.75) is 32.0 Å². The molecule has 2 saturated heterocycles. The fourth-order valence-electron chi connectivity index (χ4n) is 4.15. The fraction of sp³-hybridized carbons (Fsp3) is 0.458. The van der Waals surface area contributed by atoms with Crippen LogP contribution in [0, 0.1) is 23.1 Å². The third-order valence-corrected chi connectivity index (χ3v) is 6.27. The molecular formula is C24H28FN3O2. The lowest BCUT2D eigenvalue weighted by Gasteiger charge is -2.51. The lowest BCUT2D eigenvalue weighted by atomic mass is 9.82. The van der Waals surface area contributed by atoms with Crippen molar-refractivity contribution in [1.82, 2.24) is 5.32 Å². The Morgan fingerprint density at radius 3 is 2.73 bits per heavy atom. The summed E-state index contributed by atoms with van der Waals surface area (Å²) in [7, 11) is 0. The van der Waals surface area contributed by atoms with Crippen LogP contribution in [0.5, 0.6) is 0 Å². The van der Waals surface area contributed by atoms with Crippen molar-refractivity contribution in [1.29, 1.82) is 5.26 Å². The number of hydrogen-bond donors (Lipinski definition) is 2. The van der Waals surface area contributed by atoms with Gasteiger partial charge >= 0.3 is 0 Å². The number of halogens is 1. The SMILES string of the molecule is CC(C)C1(O)CN(c2ccc(CC3CNCCO3)cc2-c2ccc(C#N)c(F)c2)C1. The standard InChI is InChI=1S/C24H28FN3O2/c1-16(2)24(29)14-28(15-24)23-6-3-17(9-20-13-27-7-8-30-20)10-21(23)18-4-5-19(12-26)22(25)11-18/h3-6,10-11,16,20,27,29H,7-9,13-15H2,1-2H3. The molecule has 0 saturated carbocycles. The zero-order chi connectivity index (χ0) is 21.3. The molecule has 30 heavy (non-hydrogen) atoms. The number of rotatable bonds is 5. The Morgan fingerprint density at radius 1 is 1.30 bits per heavy atom. The molecule has 1 unspecified atom stereocenters. The summed E-state index contributed by atoms with van der Waals surface area (Å²) < 4.78 is 20.2. The Bertz CT molecular complexity index is 957. The second-order valence-corrected chi connectivity index (χ2v) is 8.67. The highest BCUT2D eigenvalue weighted by atomic mass is 19.1. The van der Waals surface area contributed by atoms with E-state index in [0.717, 1.165) is 41.9 Å². The highest BCUT2D eigenvalue weighted by Gasteiger charge is 2.44. The summed E-state index contributed by atoms with van der Waals surface area (Å²) in [6.45, 7) is 7.54. The minimum Gasteiger partial charge on any atom is -0.386 e. The van der Waals surface area contributed by atoms with Crippen molar-refractivity contribution in [2.75, 3.05) is 37.7 Å². The second-order valence-electron chi connectivity index (χ2n) is 8.67. The molecule has 2 aliphatic rings. The van der Waals surface area contributed by atoms with E-state index in [1.54, 1.807) is 6.07 Å². The number of β-amino-alcohol motifs (C(OH)–C–C–N with tert-alkyl or cyclic N) is 1. The van der Waals surface area contributed by atoms with Gasteiger partial charge in [-0.2, -0.15) is 5.26 Å². The number of ether oxygens (including phenoxy) is 1. The van der Waals surface area contributed by atoms with Gasteiger partial charge < -0.3 is 20.1 Å². The van der Waals surface area contributed by atoms with E-state index in [9.17, 15) is 9.50 Å². The Hall–Kier alpha value is -2.46. The molecule has 0 spiro atoms. The molecule has 0 amide bonds. The molecule has 5 nitrogen and oxygen atoms in total. The zero-order valence-corrected chi connectivity index (χ0v) is 17.5. The van der Waals surface area contributed by atoms with Crippen LogP contribution in [0.15, 0.2) is 36.4 Å². The van der Waals surface area contributed by atoms with E-state index < -0.39 is 11.4 Å². The predicted octanol–water partition coefficient (Wildman–Crippen LogP) is 3.10. The van der Waals surface area contributed by atoms with Crippen molar-refractivity contribution in [2.24, 2.45) is 5.92 Å². The highest BCUT2D eigenvalue weighted by molar-refractivity contribution is 5.80. The molecule has 2 fully saturated rings. The van der Waals surface area contributed by atoms with Crippen LogP contribution in [0.1, 0.15) is 25.0 Å². The van der Waals surface area contributed by atoms with Gasteiger partial charge in [0, 0.05) is 37.4 Å². The highest BCUT2D eigenvalue weighted by Crippen LogP contribution is 2.39. The quantitative estimate of drug-likeness (QED) is 0.794. The summed E-state index contributed by atoms with van der Waals surface area (Å²) in [4.78, 5) is 2.13. The number of nitrogens with one attached hydrogen (secondary N) is 1. The average Bonchev–Trinajstić information content (AvgIpc) is 2.72. The van der Waals surface area contributed by atoms with Crippen molar-refractivity contribution < 1.29 is 14.2 Å². The molecule has 1 atom stereocenters. The molecule has 0 aliphatic carbocycles. The smallest absolute Gasteiger partial charge is 0.141 e. The van der Waals surface area contributed by atoms with E-state index in [-0.39, 0.29) is 17.6 Å². The second kappa shape index (κ2) is 8.35. The van der Waals surface area contributed by atoms with E-state index in [1.165, 1.54) is 12.1 Å². The van der Waals surface area contributed by atoms with E-state index in [2.05, 4.69) is 28.4 Å². The van der Waals surface area contributed by atoms with Crippen LogP contribution >= 0.6 is 0 Å². The van der Waals surface area contributed by atoms with Gasteiger partial charge in [-0.15, -0.1) is 0 Å². The third-order valence-electron chi connectivity index (χ3n) is 6.27. The number of anilines is 1. The van der Waals surface area contributed by atoms with Crippen LogP contribution in [0.3, 0.4) is 0 Å². The largest absolute Gasteiger partial charge is 0.386 e. The lowest BCUT2D eigenvalue weighted by Crippen LogP contribution is -2.64. The summed E-state index contributed by atoms with van der Waals surface area (Å²) in [6, 6.07) is 12.8. The minimum absolute atomic E-state index is 0.0382. The maximum Gasteiger partial charge on any atom is 0.141 e. The van der Waals surface area contributed by atoms with E-state index in [1.807, 2.05) is 19.9 Å². The molecular weight excluding hydrogens is 381 g/mol. The first kappa shape index (κ1) is 20.8. The molecule has 0 bridgehead atoms. The predicted molar refractivity (Wildman–Crippen MR) is 115 cm³/mol. The molecule has 2 aliphatic heterocycles. The van der Waals surface area contributed by atoms with Gasteiger partial charge in [-0.3, -0.25) is 0 Å². The van der Waals surface area contributed by atoms with Gasteiger partial charge in [-0.1, -0.05) is 26.0 Å². The molecule has 0 aromatic heterocycles. The van der Waals surface area contributed by atoms with Gasteiger partial charge in [-0.25, -0.2) is 4.39 Å². The first-order valence-corrected chi connectivity index (χ1v) is 10.5. The third kappa shape index (κ3) is 4.06. The van der Waals surface area contributed by atoms with Crippen molar-refractivity contribution in [3.63, 3.8) is 0 Å². The normalized spacial score (nSPS) is 20.7. The summed E-state index contributed by atoms with van der Waals surface area (Å²) >= 11 is 0. The van der Waals surface area contributed by atoms with Crippen LogP contribution in [0.2, 0.25) is 0 Å². The molecule has 2 aromatic carbocycles. The average molecular weight is 410 g/mol. The first-order valence-electron chi connectivity index (χ1n) is 10.5. The summed E-state index contributed by atoms with van der Waals surface area (Å²) in [6.07, 6.45) is 0.889. The number of nitriles is 1. The zero-order valence-electron chi connectivity index (χ0n) is 17.5. The van der Waals surface area contributed by atoms with Gasteiger partial charge in [0.15, 0.2) is 0 Å². The first-order chi connectivity index (χ1) is 14.4. The number of benzene rings is 2. The topological polar surface area (TPSA) is 68.5 Å². The number of aliphatic hydroxyl groups is 1. The van der Waals surface area contributed by atoms with Crippen LogP contribution in [-0.2, 0) is 11.2 Å². The van der Waals surface area contributed by atoms with Crippen LogP contribution in [0.4, 0.5) is 10.1 Å². The summed E-state index contributed by atoms with van der Waals surface area (Å²) in [5, 5.41) is 23.1. The lowest BCUT2D eigenvalue weighted by molar-refractivity contribution is -0.0299. The van der Waals surface area contributed by atoms with Gasteiger partial charge in [0.1, 0.15) is 17.5 Å². The van der Waals surface area contributed by atoms with Crippen molar-refractivity contribution in [3.8, 4) is 17.2 Å². The summed E-state index contributed by atoms with van der Waals surface area (Å²) in [5.41, 5.74) is 3.06. The monoisotopic (exact) mass is 409 g/mol. The van der Waals surface area contributed by atoms with Gasteiger partial charge in [0.05, 0.1) is 18.3 Å². The van der Waals surface area contributed by atoms with Crippen LogP contribution < -0.4 is 10.2 Å². The Labute approximate surface area is 177 Å². The van der Waals surface area contributed by atoms with Crippen molar-refractivity contribution in [3.05, 3.63) is 53.3 Å². The van der Waals surface area contributed by atoms with Crippen LogP contribution in [0.25, 0.3) is 11.1 Å². The Morgan fingerprint density at radius 2 is 2.10 bits per heavy atom. The molecule has 2 N–H and O–H groups in total.